The number of rotatable bonds is 7. The summed E-state index contributed by atoms with van der Waals surface area (Å²) in [5.74, 6) is 0.323. The molecule has 2 aromatic carbocycles. The summed E-state index contributed by atoms with van der Waals surface area (Å²) in [4.78, 5) is 14.2. The van der Waals surface area contributed by atoms with E-state index in [1.807, 2.05) is 30.3 Å². The summed E-state index contributed by atoms with van der Waals surface area (Å²) in [5.41, 5.74) is 1.14. The SMILES string of the molecule is CN(Cc1ccc(Br)o1)C(=O)c1cccc(S(=O)(=O)NCc2ccccc2)c1. The summed E-state index contributed by atoms with van der Waals surface area (Å²) in [6.45, 7) is 0.447. The highest BCUT2D eigenvalue weighted by atomic mass is 79.9. The van der Waals surface area contributed by atoms with Crippen LogP contribution in [0.3, 0.4) is 0 Å². The summed E-state index contributed by atoms with van der Waals surface area (Å²) in [5, 5.41) is 0. The van der Waals surface area contributed by atoms with Gasteiger partial charge in [-0.05, 0) is 51.8 Å². The Morgan fingerprint density at radius 2 is 1.82 bits per heavy atom. The predicted molar refractivity (Wildman–Crippen MR) is 109 cm³/mol. The molecule has 0 atom stereocenters. The van der Waals surface area contributed by atoms with Crippen LogP contribution in [0.4, 0.5) is 0 Å². The fourth-order valence-corrected chi connectivity index (χ4v) is 4.02. The third-order valence-corrected chi connectivity index (χ3v) is 5.89. The molecule has 0 aliphatic rings. The number of benzene rings is 2. The Labute approximate surface area is 172 Å². The maximum Gasteiger partial charge on any atom is 0.254 e. The van der Waals surface area contributed by atoms with Crippen LogP contribution in [-0.4, -0.2) is 26.3 Å². The Bertz CT molecular complexity index is 1060. The molecule has 0 saturated carbocycles. The lowest BCUT2D eigenvalue weighted by Gasteiger charge is -2.16. The Kier molecular flexibility index (Phi) is 6.33. The summed E-state index contributed by atoms with van der Waals surface area (Å²) >= 11 is 3.22. The fraction of sp³-hybridized carbons (Fsp3) is 0.150. The van der Waals surface area contributed by atoms with Gasteiger partial charge in [0.15, 0.2) is 4.67 Å². The monoisotopic (exact) mass is 462 g/mol. The van der Waals surface area contributed by atoms with Crippen LogP contribution in [0.15, 0.2) is 80.7 Å². The van der Waals surface area contributed by atoms with Gasteiger partial charge in [-0.2, -0.15) is 0 Å². The van der Waals surface area contributed by atoms with Crippen molar-refractivity contribution >= 4 is 31.9 Å². The molecule has 1 aromatic heterocycles. The number of furan rings is 1. The lowest BCUT2D eigenvalue weighted by Crippen LogP contribution is -2.27. The first-order valence-electron chi connectivity index (χ1n) is 8.48. The molecule has 0 spiro atoms. The summed E-state index contributed by atoms with van der Waals surface area (Å²) < 4.78 is 33.7. The lowest BCUT2D eigenvalue weighted by molar-refractivity contribution is 0.0775. The van der Waals surface area contributed by atoms with E-state index in [4.69, 9.17) is 4.42 Å². The lowest BCUT2D eigenvalue weighted by atomic mass is 10.2. The van der Waals surface area contributed by atoms with Crippen LogP contribution >= 0.6 is 15.9 Å². The molecule has 28 heavy (non-hydrogen) atoms. The highest BCUT2D eigenvalue weighted by Crippen LogP contribution is 2.18. The van der Waals surface area contributed by atoms with Crippen LogP contribution < -0.4 is 4.72 Å². The van der Waals surface area contributed by atoms with Crippen molar-refractivity contribution in [3.8, 4) is 0 Å². The zero-order valence-corrected chi connectivity index (χ0v) is 17.5. The third-order valence-electron chi connectivity index (χ3n) is 4.07. The van der Waals surface area contributed by atoms with Gasteiger partial charge < -0.3 is 9.32 Å². The Balaban J connectivity index is 1.72. The van der Waals surface area contributed by atoms with E-state index in [0.29, 0.717) is 10.4 Å². The number of nitrogens with zero attached hydrogens (tertiary/aromatic N) is 1. The number of sulfonamides is 1. The van der Waals surface area contributed by atoms with E-state index >= 15 is 0 Å². The molecule has 0 bridgehead atoms. The second kappa shape index (κ2) is 8.72. The van der Waals surface area contributed by atoms with Crippen molar-refractivity contribution < 1.29 is 17.6 Å². The maximum absolute atomic E-state index is 12.7. The van der Waals surface area contributed by atoms with Gasteiger partial charge in [-0.1, -0.05) is 36.4 Å². The molecule has 1 N–H and O–H groups in total. The minimum Gasteiger partial charge on any atom is -0.452 e. The largest absolute Gasteiger partial charge is 0.452 e. The molecule has 146 valence electrons. The highest BCUT2D eigenvalue weighted by Gasteiger charge is 2.18. The molecule has 8 heteroatoms. The van der Waals surface area contributed by atoms with Gasteiger partial charge in [0, 0.05) is 19.2 Å². The number of halogens is 1. The molecule has 1 amide bonds. The van der Waals surface area contributed by atoms with Crippen LogP contribution in [0.2, 0.25) is 0 Å². The van der Waals surface area contributed by atoms with Gasteiger partial charge in [-0.3, -0.25) is 4.79 Å². The average Bonchev–Trinajstić information content (AvgIpc) is 3.11. The third kappa shape index (κ3) is 5.09. The van der Waals surface area contributed by atoms with Crippen molar-refractivity contribution in [1.82, 2.24) is 9.62 Å². The van der Waals surface area contributed by atoms with Gasteiger partial charge in [0.25, 0.3) is 5.91 Å². The first-order chi connectivity index (χ1) is 13.3. The van der Waals surface area contributed by atoms with Crippen molar-refractivity contribution in [3.05, 3.63) is 88.3 Å². The molecule has 6 nitrogen and oxygen atoms in total. The number of nitrogens with one attached hydrogen (secondary N) is 1. The number of hydrogen-bond donors (Lipinski definition) is 1. The summed E-state index contributed by atoms with van der Waals surface area (Å²) in [6, 6.07) is 18.7. The number of amides is 1. The molecular formula is C20H19BrN2O4S. The zero-order chi connectivity index (χ0) is 20.1. The first kappa shape index (κ1) is 20.3. The second-order valence-electron chi connectivity index (χ2n) is 6.21. The van der Waals surface area contributed by atoms with Gasteiger partial charge in [-0.25, -0.2) is 13.1 Å². The first-order valence-corrected chi connectivity index (χ1v) is 10.8. The van der Waals surface area contributed by atoms with Crippen molar-refractivity contribution in [1.29, 1.82) is 0 Å². The van der Waals surface area contributed by atoms with Crippen molar-refractivity contribution in [3.63, 3.8) is 0 Å². The van der Waals surface area contributed by atoms with Gasteiger partial charge in [0.2, 0.25) is 10.0 Å². The van der Waals surface area contributed by atoms with E-state index in [1.165, 1.54) is 17.0 Å². The van der Waals surface area contributed by atoms with E-state index < -0.39 is 10.0 Å². The fourth-order valence-electron chi connectivity index (χ4n) is 2.62. The van der Waals surface area contributed by atoms with Crippen LogP contribution in [0.1, 0.15) is 21.7 Å². The average molecular weight is 463 g/mol. The highest BCUT2D eigenvalue weighted by molar-refractivity contribution is 9.10. The van der Waals surface area contributed by atoms with E-state index in [9.17, 15) is 13.2 Å². The van der Waals surface area contributed by atoms with Crippen molar-refractivity contribution in [2.75, 3.05) is 7.05 Å². The van der Waals surface area contributed by atoms with Crippen LogP contribution in [0.5, 0.6) is 0 Å². The predicted octanol–water partition coefficient (Wildman–Crippen LogP) is 3.79. The molecule has 0 saturated heterocycles. The Morgan fingerprint density at radius 1 is 1.07 bits per heavy atom. The quantitative estimate of drug-likeness (QED) is 0.578. The molecule has 3 rings (SSSR count). The molecule has 0 unspecified atom stereocenters. The standard InChI is InChI=1S/C20H19BrN2O4S/c1-23(14-17-10-11-19(21)27-17)20(24)16-8-5-9-18(12-16)28(25,26)22-13-15-6-3-2-4-7-15/h2-12,22H,13-14H2,1H3. The van der Waals surface area contributed by atoms with E-state index in [2.05, 4.69) is 20.7 Å². The molecule has 0 fully saturated rings. The van der Waals surface area contributed by atoms with Crippen LogP contribution in [-0.2, 0) is 23.1 Å². The summed E-state index contributed by atoms with van der Waals surface area (Å²) in [6.07, 6.45) is 0. The van der Waals surface area contributed by atoms with Crippen LogP contribution in [0, 0.1) is 0 Å². The molecular weight excluding hydrogens is 444 g/mol. The Morgan fingerprint density at radius 3 is 2.50 bits per heavy atom. The molecule has 0 radical (unpaired) electrons. The van der Waals surface area contributed by atoms with Gasteiger partial charge in [-0.15, -0.1) is 0 Å². The van der Waals surface area contributed by atoms with E-state index in [1.54, 1.807) is 31.3 Å². The van der Waals surface area contributed by atoms with Crippen molar-refractivity contribution in [2.24, 2.45) is 0 Å². The van der Waals surface area contributed by atoms with Gasteiger partial charge >= 0.3 is 0 Å². The Hall–Kier alpha value is -2.42. The minimum atomic E-state index is -3.74. The van der Waals surface area contributed by atoms with E-state index in [0.717, 1.165) is 5.56 Å². The number of hydrogen-bond acceptors (Lipinski definition) is 4. The molecule has 3 aromatic rings. The topological polar surface area (TPSA) is 79.6 Å². The molecule has 0 aliphatic carbocycles. The normalized spacial score (nSPS) is 11.4. The van der Waals surface area contributed by atoms with Crippen LogP contribution in [0.25, 0.3) is 0 Å². The van der Waals surface area contributed by atoms with Gasteiger partial charge in [0.05, 0.1) is 11.4 Å². The molecule has 1 heterocycles. The summed E-state index contributed by atoms with van der Waals surface area (Å²) in [7, 11) is -2.11. The molecule has 0 aliphatic heterocycles. The second-order valence-corrected chi connectivity index (χ2v) is 8.75. The van der Waals surface area contributed by atoms with E-state index in [-0.39, 0.29) is 29.5 Å². The van der Waals surface area contributed by atoms with Crippen molar-refractivity contribution in [2.45, 2.75) is 18.0 Å². The number of carbonyl (C=O) groups excluding carboxylic acids is 1. The smallest absolute Gasteiger partial charge is 0.254 e. The van der Waals surface area contributed by atoms with Gasteiger partial charge in [0.1, 0.15) is 5.76 Å². The minimum absolute atomic E-state index is 0.0448. The number of carbonyl (C=O) groups is 1. The maximum atomic E-state index is 12.7. The zero-order valence-electron chi connectivity index (χ0n) is 15.1.